The maximum atomic E-state index is 5.36. The SMILES string of the molecule is CC1(C)C2=C(C=CCC2)c2c1ccc(-c1cccc(N(c3ccc(-c4cccc5c6c(sc45)CCC=C6)cc3)C3C=CC(C4C=CC=C5c6ccccc6SC54)CC3)c1)c2S. The Morgan fingerprint density at radius 3 is 2.44 bits per heavy atom. The van der Waals surface area contributed by atoms with Gasteiger partial charge < -0.3 is 4.90 Å². The predicted molar refractivity (Wildman–Crippen MR) is 267 cm³/mol. The molecule has 2 heterocycles. The van der Waals surface area contributed by atoms with Gasteiger partial charge in [0.25, 0.3) is 0 Å². The number of fused-ring (bicyclic) bond motifs is 8. The second-order valence-electron chi connectivity index (χ2n) is 18.2. The molecule has 5 aromatic carbocycles. The molecule has 0 fully saturated rings. The highest BCUT2D eigenvalue weighted by molar-refractivity contribution is 8.01. The summed E-state index contributed by atoms with van der Waals surface area (Å²) < 4.78 is 1.41. The summed E-state index contributed by atoms with van der Waals surface area (Å²) in [5.41, 5.74) is 17.5. The number of thiol groups is 1. The number of hydrogen-bond acceptors (Lipinski definition) is 4. The molecule has 0 amide bonds. The van der Waals surface area contributed by atoms with E-state index in [2.05, 4.69) is 188 Å². The lowest BCUT2D eigenvalue weighted by Crippen LogP contribution is -2.34. The van der Waals surface area contributed by atoms with Crippen LogP contribution in [-0.2, 0) is 11.8 Å². The van der Waals surface area contributed by atoms with Crippen LogP contribution in [0.5, 0.6) is 0 Å². The molecule has 1 aliphatic heterocycles. The molecule has 300 valence electrons. The summed E-state index contributed by atoms with van der Waals surface area (Å²) in [6.07, 6.45) is 28.4. The number of aryl methyl sites for hydroxylation is 1. The first-order chi connectivity index (χ1) is 29.9. The minimum absolute atomic E-state index is 0.0264. The zero-order valence-corrected chi connectivity index (χ0v) is 37.3. The van der Waals surface area contributed by atoms with Crippen molar-refractivity contribution in [3.05, 3.63) is 184 Å². The van der Waals surface area contributed by atoms with Gasteiger partial charge in [0.05, 0.1) is 6.04 Å². The van der Waals surface area contributed by atoms with Gasteiger partial charge in [-0.3, -0.25) is 0 Å². The molecular weight excluding hydrogens is 795 g/mol. The highest BCUT2D eigenvalue weighted by Gasteiger charge is 2.40. The summed E-state index contributed by atoms with van der Waals surface area (Å²) in [7, 11) is 0. The highest BCUT2D eigenvalue weighted by atomic mass is 32.2. The Balaban J connectivity index is 0.914. The van der Waals surface area contributed by atoms with Gasteiger partial charge in [-0.1, -0.05) is 147 Å². The van der Waals surface area contributed by atoms with Gasteiger partial charge >= 0.3 is 0 Å². The van der Waals surface area contributed by atoms with Gasteiger partial charge in [-0.2, -0.15) is 0 Å². The first-order valence-corrected chi connectivity index (χ1v) is 24.4. The van der Waals surface area contributed by atoms with Crippen molar-refractivity contribution >= 4 is 74.4 Å². The third-order valence-electron chi connectivity index (χ3n) is 14.5. The van der Waals surface area contributed by atoms with Crippen LogP contribution < -0.4 is 4.90 Å². The zero-order chi connectivity index (χ0) is 40.8. The van der Waals surface area contributed by atoms with Crippen molar-refractivity contribution < 1.29 is 0 Å². The Labute approximate surface area is 374 Å². The van der Waals surface area contributed by atoms with Crippen molar-refractivity contribution in [2.75, 3.05) is 4.90 Å². The normalized spacial score (nSPS) is 22.8. The third-order valence-corrected chi connectivity index (χ3v) is 17.7. The summed E-state index contributed by atoms with van der Waals surface area (Å²) in [6.45, 7) is 4.78. The Bertz CT molecular complexity index is 2970. The van der Waals surface area contributed by atoms with E-state index in [1.54, 1.807) is 5.57 Å². The van der Waals surface area contributed by atoms with Crippen LogP contribution in [0.1, 0.15) is 73.1 Å². The van der Waals surface area contributed by atoms with Gasteiger partial charge in [0, 0.05) is 46.8 Å². The van der Waals surface area contributed by atoms with Crippen LogP contribution in [0.2, 0.25) is 0 Å². The minimum Gasteiger partial charge on any atom is -0.335 e. The Hall–Kier alpha value is -5.00. The molecule has 6 aliphatic rings. The second kappa shape index (κ2) is 14.8. The summed E-state index contributed by atoms with van der Waals surface area (Å²) in [6, 6.07) is 39.5. The van der Waals surface area contributed by atoms with Crippen molar-refractivity contribution in [1.29, 1.82) is 0 Å². The van der Waals surface area contributed by atoms with Crippen LogP contribution in [0.15, 0.2) is 167 Å². The van der Waals surface area contributed by atoms with Gasteiger partial charge in [-0.25, -0.2) is 0 Å². The van der Waals surface area contributed by atoms with Crippen molar-refractivity contribution in [2.45, 2.75) is 78.9 Å². The average Bonchev–Trinajstić information content (AvgIpc) is 3.95. The van der Waals surface area contributed by atoms with Crippen LogP contribution in [0, 0.1) is 11.8 Å². The van der Waals surface area contributed by atoms with Crippen LogP contribution >= 0.6 is 35.7 Å². The maximum absolute atomic E-state index is 5.36. The highest BCUT2D eigenvalue weighted by Crippen LogP contribution is 2.55. The molecule has 0 bridgehead atoms. The van der Waals surface area contributed by atoms with Gasteiger partial charge in [0.1, 0.15) is 0 Å². The Morgan fingerprint density at radius 2 is 1.56 bits per heavy atom. The van der Waals surface area contributed by atoms with E-state index in [1.165, 1.54) is 86.9 Å². The molecule has 4 atom stereocenters. The fraction of sp³-hybridized carbons (Fsp3) is 0.228. The lowest BCUT2D eigenvalue weighted by molar-refractivity contribution is 0.415. The fourth-order valence-corrected chi connectivity index (χ4v) is 14.7. The molecule has 6 aromatic rings. The Kier molecular flexibility index (Phi) is 9.17. The number of allylic oxidation sites excluding steroid dienone is 9. The molecule has 0 saturated carbocycles. The van der Waals surface area contributed by atoms with Crippen LogP contribution in [0.25, 0.3) is 49.6 Å². The maximum Gasteiger partial charge on any atom is 0.0522 e. The first kappa shape index (κ1) is 37.7. The number of nitrogens with zero attached hydrogens (tertiary/aromatic N) is 1. The number of hydrogen-bond donors (Lipinski definition) is 1. The molecular formula is C57H49NS3. The predicted octanol–water partition coefficient (Wildman–Crippen LogP) is 16.1. The van der Waals surface area contributed by atoms with E-state index in [4.69, 9.17) is 12.6 Å². The van der Waals surface area contributed by atoms with Gasteiger partial charge in [-0.15, -0.1) is 35.7 Å². The van der Waals surface area contributed by atoms with Crippen molar-refractivity contribution in [3.8, 4) is 22.3 Å². The summed E-state index contributed by atoms with van der Waals surface area (Å²) >= 11 is 9.41. The van der Waals surface area contributed by atoms with E-state index in [0.717, 1.165) is 43.4 Å². The topological polar surface area (TPSA) is 3.24 Å². The van der Waals surface area contributed by atoms with Gasteiger partial charge in [-0.05, 0) is 136 Å². The summed E-state index contributed by atoms with van der Waals surface area (Å²) in [5.74, 6) is 0.987. The minimum atomic E-state index is 0.0264. The lowest BCUT2D eigenvalue weighted by atomic mass is 9.76. The van der Waals surface area contributed by atoms with E-state index < -0.39 is 0 Å². The quantitative estimate of drug-likeness (QED) is 0.131. The monoisotopic (exact) mass is 843 g/mol. The smallest absolute Gasteiger partial charge is 0.0522 e. The number of anilines is 2. The largest absolute Gasteiger partial charge is 0.335 e. The fourth-order valence-electron chi connectivity index (χ4n) is 11.4. The van der Waals surface area contributed by atoms with Crippen molar-refractivity contribution in [1.82, 2.24) is 0 Å². The number of thiophene rings is 1. The second-order valence-corrected chi connectivity index (χ2v) is 20.9. The number of thioether (sulfide) groups is 1. The molecule has 61 heavy (non-hydrogen) atoms. The van der Waals surface area contributed by atoms with Crippen LogP contribution in [0.4, 0.5) is 11.4 Å². The molecule has 12 rings (SSSR count). The van der Waals surface area contributed by atoms with Crippen LogP contribution in [0.3, 0.4) is 0 Å². The van der Waals surface area contributed by atoms with E-state index in [-0.39, 0.29) is 11.5 Å². The summed E-state index contributed by atoms with van der Waals surface area (Å²) in [5, 5.41) is 1.87. The standard InChI is InChI=1S/C57H49NS3/c1-57(2)49-21-6-3-16-48(49)53-50(57)33-32-41(54(53)59)37-12-9-13-40(34-37)58(38-28-24-35(25-29-38)42-17-10-19-46-44-14-4-7-22-51(44)60-55(42)46)39-30-26-36(27-31-39)43-18-11-20-47-45-15-5-8-23-52(45)61-56(43)47/h3-5,7,9-20,22,24,26-28,30-35,38,42,55,59H,6,8,21,23,25,29H2,1-2H3. The molecule has 1 aromatic heterocycles. The van der Waals surface area contributed by atoms with Crippen molar-refractivity contribution in [3.63, 3.8) is 0 Å². The van der Waals surface area contributed by atoms with Crippen LogP contribution in [-0.4, -0.2) is 11.3 Å². The number of rotatable bonds is 6. The van der Waals surface area contributed by atoms with Crippen molar-refractivity contribution in [2.24, 2.45) is 11.8 Å². The molecule has 5 aliphatic carbocycles. The average molecular weight is 844 g/mol. The molecule has 1 nitrogen and oxygen atoms in total. The third kappa shape index (κ3) is 6.11. The van der Waals surface area contributed by atoms with E-state index >= 15 is 0 Å². The first-order valence-electron chi connectivity index (χ1n) is 22.2. The van der Waals surface area contributed by atoms with Gasteiger partial charge in [0.2, 0.25) is 0 Å². The molecule has 4 heteroatoms. The lowest BCUT2D eigenvalue weighted by Gasteiger charge is -2.38. The zero-order valence-electron chi connectivity index (χ0n) is 34.8. The molecule has 4 unspecified atom stereocenters. The molecule has 0 spiro atoms. The summed E-state index contributed by atoms with van der Waals surface area (Å²) in [4.78, 5) is 6.65. The van der Waals surface area contributed by atoms with E-state index in [9.17, 15) is 0 Å². The molecule has 0 saturated heterocycles. The molecule has 0 N–H and O–H groups in total. The Morgan fingerprint density at radius 1 is 0.721 bits per heavy atom. The van der Waals surface area contributed by atoms with Gasteiger partial charge in [0.15, 0.2) is 0 Å². The van der Waals surface area contributed by atoms with E-state index in [1.807, 2.05) is 11.3 Å². The number of benzene rings is 5. The van der Waals surface area contributed by atoms with E-state index in [0.29, 0.717) is 17.1 Å². The molecule has 0 radical (unpaired) electrons.